The zero-order valence-electron chi connectivity index (χ0n) is 2.90. The van der Waals surface area contributed by atoms with Gasteiger partial charge in [-0.2, -0.15) is 4.39 Å². The molecular formula is C3H5FO. The van der Waals surface area contributed by atoms with E-state index in [0.29, 0.717) is 0 Å². The SMILES string of the molecule is C/C=C(\O)F. The number of aliphatic hydroxyl groups excluding tert-OH is 1. The van der Waals surface area contributed by atoms with Crippen LogP contribution < -0.4 is 0 Å². The number of hydrogen-bond acceptors (Lipinski definition) is 1. The lowest BCUT2D eigenvalue weighted by atomic mass is 10.7. The van der Waals surface area contributed by atoms with Gasteiger partial charge < -0.3 is 5.11 Å². The van der Waals surface area contributed by atoms with Crippen LogP contribution in [0.1, 0.15) is 6.92 Å². The molecule has 2 heteroatoms. The van der Waals surface area contributed by atoms with Crippen LogP contribution in [0.15, 0.2) is 12.1 Å². The normalized spacial score (nSPS) is 12.0. The minimum Gasteiger partial charge on any atom is -0.487 e. The smallest absolute Gasteiger partial charge is 0.265 e. The summed E-state index contributed by atoms with van der Waals surface area (Å²) in [5, 5.41) is 7.56. The Balaban J connectivity index is 3.14. The Bertz CT molecular complexity index is 44.9. The van der Waals surface area contributed by atoms with Crippen molar-refractivity contribution in [1.82, 2.24) is 0 Å². The van der Waals surface area contributed by atoms with Crippen molar-refractivity contribution in [3.8, 4) is 0 Å². The van der Waals surface area contributed by atoms with Crippen LogP contribution in [0.4, 0.5) is 4.39 Å². The largest absolute Gasteiger partial charge is 0.487 e. The zero-order chi connectivity index (χ0) is 4.28. The van der Waals surface area contributed by atoms with Crippen LogP contribution in [-0.2, 0) is 0 Å². The van der Waals surface area contributed by atoms with Gasteiger partial charge in [0.2, 0.25) is 0 Å². The molecule has 0 heterocycles. The van der Waals surface area contributed by atoms with E-state index in [0.717, 1.165) is 6.08 Å². The quantitative estimate of drug-likeness (QED) is 0.432. The summed E-state index contributed by atoms with van der Waals surface area (Å²) in [7, 11) is 0. The van der Waals surface area contributed by atoms with Crippen molar-refractivity contribution < 1.29 is 9.50 Å². The summed E-state index contributed by atoms with van der Waals surface area (Å²) in [6.07, 6.45) is 0.972. The molecule has 0 saturated heterocycles. The van der Waals surface area contributed by atoms with Gasteiger partial charge in [-0.3, -0.25) is 0 Å². The highest BCUT2D eigenvalue weighted by Gasteiger charge is 1.70. The van der Waals surface area contributed by atoms with E-state index >= 15 is 0 Å². The third kappa shape index (κ3) is 3.47. The molecule has 0 aliphatic heterocycles. The topological polar surface area (TPSA) is 20.2 Å². The Morgan fingerprint density at radius 3 is 2.20 bits per heavy atom. The summed E-state index contributed by atoms with van der Waals surface area (Å²) in [6, 6.07) is -1.12. The van der Waals surface area contributed by atoms with Gasteiger partial charge in [-0.15, -0.1) is 0 Å². The molecule has 1 N–H and O–H groups in total. The minimum absolute atomic E-state index is 0.972. The second-order valence-corrected chi connectivity index (χ2v) is 0.611. The average molecular weight is 76.1 g/mol. The van der Waals surface area contributed by atoms with Gasteiger partial charge in [0.05, 0.1) is 0 Å². The summed E-state index contributed by atoms with van der Waals surface area (Å²) in [5.41, 5.74) is 0. The Hall–Kier alpha value is -0.530. The van der Waals surface area contributed by atoms with Gasteiger partial charge >= 0.3 is 0 Å². The number of aliphatic hydroxyl groups is 1. The second-order valence-electron chi connectivity index (χ2n) is 0.611. The van der Waals surface area contributed by atoms with Crippen molar-refractivity contribution in [2.45, 2.75) is 6.92 Å². The van der Waals surface area contributed by atoms with Crippen molar-refractivity contribution in [1.29, 1.82) is 0 Å². The molecular weight excluding hydrogens is 71.0 g/mol. The summed E-state index contributed by atoms with van der Waals surface area (Å²) < 4.78 is 10.8. The maximum absolute atomic E-state index is 10.8. The second kappa shape index (κ2) is 1.76. The fourth-order valence-electron chi connectivity index (χ4n) is 0. The molecule has 0 aromatic carbocycles. The molecule has 0 rings (SSSR count). The van der Waals surface area contributed by atoms with Gasteiger partial charge in [0.15, 0.2) is 0 Å². The maximum Gasteiger partial charge on any atom is 0.265 e. The highest BCUT2D eigenvalue weighted by Crippen LogP contribution is 1.82. The molecule has 0 aliphatic rings. The Labute approximate surface area is 29.7 Å². The summed E-state index contributed by atoms with van der Waals surface area (Å²) in [4.78, 5) is 0. The van der Waals surface area contributed by atoms with E-state index in [2.05, 4.69) is 0 Å². The fraction of sp³-hybridized carbons (Fsp3) is 0.333. The first kappa shape index (κ1) is 4.47. The summed E-state index contributed by atoms with van der Waals surface area (Å²) in [6.45, 7) is 1.41. The minimum atomic E-state index is -1.12. The highest BCUT2D eigenvalue weighted by molar-refractivity contribution is 4.72. The van der Waals surface area contributed by atoms with Crippen LogP contribution in [0.2, 0.25) is 0 Å². The molecule has 0 aliphatic carbocycles. The number of hydrogen-bond donors (Lipinski definition) is 1. The van der Waals surface area contributed by atoms with E-state index in [1.54, 1.807) is 0 Å². The molecule has 30 valence electrons. The van der Waals surface area contributed by atoms with Crippen LogP contribution in [-0.4, -0.2) is 5.11 Å². The Kier molecular flexibility index (Phi) is 1.57. The molecule has 0 fully saturated rings. The lowest BCUT2D eigenvalue weighted by Gasteiger charge is -1.69. The number of rotatable bonds is 0. The molecule has 0 aromatic heterocycles. The van der Waals surface area contributed by atoms with E-state index in [4.69, 9.17) is 5.11 Å². The first-order valence-corrected chi connectivity index (χ1v) is 1.28. The summed E-state index contributed by atoms with van der Waals surface area (Å²) in [5.74, 6) is 0. The monoisotopic (exact) mass is 76.0 g/mol. The fourth-order valence-corrected chi connectivity index (χ4v) is 0. The Morgan fingerprint density at radius 1 is 2.00 bits per heavy atom. The van der Waals surface area contributed by atoms with Crippen LogP contribution in [0, 0.1) is 0 Å². The van der Waals surface area contributed by atoms with E-state index < -0.39 is 6.01 Å². The predicted molar refractivity (Wildman–Crippen MR) is 17.5 cm³/mol. The molecule has 5 heavy (non-hydrogen) atoms. The van der Waals surface area contributed by atoms with Gasteiger partial charge in [-0.25, -0.2) is 0 Å². The van der Waals surface area contributed by atoms with Crippen LogP contribution in [0.5, 0.6) is 0 Å². The molecule has 0 radical (unpaired) electrons. The first-order chi connectivity index (χ1) is 2.27. The van der Waals surface area contributed by atoms with Gasteiger partial charge in [0, 0.05) is 0 Å². The summed E-state index contributed by atoms with van der Waals surface area (Å²) >= 11 is 0. The molecule has 0 unspecified atom stereocenters. The van der Waals surface area contributed by atoms with Gasteiger partial charge in [0.25, 0.3) is 6.01 Å². The maximum atomic E-state index is 10.8. The van der Waals surface area contributed by atoms with Crippen LogP contribution in [0.3, 0.4) is 0 Å². The third-order valence-corrected chi connectivity index (χ3v) is 0.238. The molecule has 0 spiro atoms. The van der Waals surface area contributed by atoms with E-state index in [9.17, 15) is 4.39 Å². The van der Waals surface area contributed by atoms with Crippen molar-refractivity contribution in [2.24, 2.45) is 0 Å². The van der Waals surface area contributed by atoms with Crippen LogP contribution in [0.25, 0.3) is 0 Å². The predicted octanol–water partition coefficient (Wildman–Crippen LogP) is 1.38. The molecule has 1 nitrogen and oxygen atoms in total. The average Bonchev–Trinajstić information content (AvgIpc) is 1.38. The van der Waals surface area contributed by atoms with Crippen molar-refractivity contribution in [2.75, 3.05) is 0 Å². The van der Waals surface area contributed by atoms with Gasteiger partial charge in [-0.05, 0) is 13.0 Å². The molecule has 0 saturated carbocycles. The standard InChI is InChI=1S/C3H5FO/c1-2-3(4)5/h2,5H,1H3/b3-2-. The van der Waals surface area contributed by atoms with E-state index in [1.807, 2.05) is 0 Å². The third-order valence-electron chi connectivity index (χ3n) is 0.238. The van der Waals surface area contributed by atoms with Crippen LogP contribution >= 0.6 is 0 Å². The van der Waals surface area contributed by atoms with E-state index in [-0.39, 0.29) is 0 Å². The highest BCUT2D eigenvalue weighted by atomic mass is 19.1. The van der Waals surface area contributed by atoms with Gasteiger partial charge in [-0.1, -0.05) is 0 Å². The number of halogens is 1. The van der Waals surface area contributed by atoms with Crippen molar-refractivity contribution in [3.05, 3.63) is 12.1 Å². The number of allylic oxidation sites excluding steroid dienone is 1. The Morgan fingerprint density at radius 2 is 2.20 bits per heavy atom. The lowest BCUT2D eigenvalue weighted by Crippen LogP contribution is -1.57. The zero-order valence-corrected chi connectivity index (χ0v) is 2.90. The van der Waals surface area contributed by atoms with Crippen molar-refractivity contribution in [3.63, 3.8) is 0 Å². The molecule has 0 amide bonds. The first-order valence-electron chi connectivity index (χ1n) is 1.28. The molecule has 0 aromatic rings. The van der Waals surface area contributed by atoms with Gasteiger partial charge in [0.1, 0.15) is 0 Å². The van der Waals surface area contributed by atoms with Crippen molar-refractivity contribution >= 4 is 0 Å². The molecule has 0 atom stereocenters. The molecule has 0 bridgehead atoms. The lowest BCUT2D eigenvalue weighted by molar-refractivity contribution is 0.282. The van der Waals surface area contributed by atoms with E-state index in [1.165, 1.54) is 6.92 Å².